The number of H-pyrrole nitrogens is 1. The molecular weight excluding hydrogens is 274 g/mol. The lowest BCUT2D eigenvalue weighted by atomic mass is 10.2. The zero-order chi connectivity index (χ0) is 14.1. The van der Waals surface area contributed by atoms with Crippen molar-refractivity contribution >= 4 is 34.3 Å². The average molecular weight is 285 g/mol. The van der Waals surface area contributed by atoms with Gasteiger partial charge in [-0.05, 0) is 18.2 Å². The Labute approximate surface area is 118 Å². The molecule has 20 heavy (non-hydrogen) atoms. The molecule has 3 rings (SSSR count). The molecule has 0 aliphatic rings. The maximum absolute atomic E-state index is 11.0. The van der Waals surface area contributed by atoms with Crippen LogP contribution in [0.4, 0.5) is 5.69 Å². The summed E-state index contributed by atoms with van der Waals surface area (Å²) < 4.78 is 0. The number of nitrogens with zero attached hydrogens (tertiary/aromatic N) is 1. The van der Waals surface area contributed by atoms with Crippen molar-refractivity contribution in [3.05, 3.63) is 48.2 Å². The Balaban J connectivity index is 1.94. The van der Waals surface area contributed by atoms with E-state index in [1.807, 2.05) is 30.3 Å². The van der Waals surface area contributed by atoms with Crippen molar-refractivity contribution in [2.75, 3.05) is 5.73 Å². The summed E-state index contributed by atoms with van der Waals surface area (Å²) in [5.41, 5.74) is 6.85. The number of hydrogen-bond donors (Lipinski definition) is 3. The van der Waals surface area contributed by atoms with E-state index in [9.17, 15) is 4.79 Å². The number of para-hydroxylation sites is 1. The van der Waals surface area contributed by atoms with Crippen molar-refractivity contribution in [2.45, 2.75) is 10.1 Å². The summed E-state index contributed by atoms with van der Waals surface area (Å²) in [6, 6.07) is 11.4. The number of fused-ring (bicyclic) bond motifs is 1. The van der Waals surface area contributed by atoms with E-state index in [4.69, 9.17) is 10.8 Å². The molecule has 0 unspecified atom stereocenters. The highest BCUT2D eigenvalue weighted by Crippen LogP contribution is 2.29. The van der Waals surface area contributed by atoms with Gasteiger partial charge < -0.3 is 15.8 Å². The van der Waals surface area contributed by atoms with Gasteiger partial charge in [0.15, 0.2) is 0 Å². The molecule has 0 spiro atoms. The Morgan fingerprint density at radius 3 is 2.85 bits per heavy atom. The molecule has 0 aliphatic heterocycles. The SMILES string of the molecule is Nc1cnc(Sc2cc3ccccc3[nH]2)cc1C(=O)O. The number of aromatic carboxylic acids is 1. The number of aromatic nitrogens is 2. The molecule has 0 atom stereocenters. The Morgan fingerprint density at radius 1 is 1.30 bits per heavy atom. The molecule has 0 radical (unpaired) electrons. The van der Waals surface area contributed by atoms with Crippen LogP contribution in [0.1, 0.15) is 10.4 Å². The number of anilines is 1. The predicted molar refractivity (Wildman–Crippen MR) is 78.0 cm³/mol. The first-order valence-corrected chi connectivity index (χ1v) is 6.69. The van der Waals surface area contributed by atoms with Gasteiger partial charge in [-0.25, -0.2) is 9.78 Å². The molecule has 100 valence electrons. The summed E-state index contributed by atoms with van der Waals surface area (Å²) in [6.45, 7) is 0. The molecule has 0 saturated heterocycles. The number of carboxylic acids is 1. The van der Waals surface area contributed by atoms with Gasteiger partial charge in [-0.3, -0.25) is 0 Å². The van der Waals surface area contributed by atoms with Crippen molar-refractivity contribution in [1.82, 2.24) is 9.97 Å². The second kappa shape index (κ2) is 4.90. The van der Waals surface area contributed by atoms with E-state index in [2.05, 4.69) is 9.97 Å². The number of rotatable bonds is 3. The van der Waals surface area contributed by atoms with E-state index < -0.39 is 5.97 Å². The maximum atomic E-state index is 11.0. The smallest absolute Gasteiger partial charge is 0.337 e. The van der Waals surface area contributed by atoms with Gasteiger partial charge in [-0.15, -0.1) is 0 Å². The van der Waals surface area contributed by atoms with Crippen LogP contribution in [0.25, 0.3) is 10.9 Å². The third-order valence-electron chi connectivity index (χ3n) is 2.86. The molecule has 0 aliphatic carbocycles. The van der Waals surface area contributed by atoms with Crippen LogP contribution < -0.4 is 5.73 Å². The third-order valence-corrected chi connectivity index (χ3v) is 3.73. The molecule has 5 nitrogen and oxygen atoms in total. The number of nitrogens with two attached hydrogens (primary N) is 1. The molecule has 0 amide bonds. The normalized spacial score (nSPS) is 10.8. The van der Waals surface area contributed by atoms with E-state index in [0.717, 1.165) is 15.9 Å². The van der Waals surface area contributed by atoms with Crippen LogP contribution in [-0.4, -0.2) is 21.0 Å². The highest BCUT2D eigenvalue weighted by atomic mass is 32.2. The van der Waals surface area contributed by atoms with Crippen molar-refractivity contribution in [3.63, 3.8) is 0 Å². The number of pyridine rings is 1. The quantitative estimate of drug-likeness (QED) is 0.688. The second-order valence-electron chi connectivity index (χ2n) is 4.24. The van der Waals surface area contributed by atoms with Gasteiger partial charge in [-0.2, -0.15) is 0 Å². The zero-order valence-corrected chi connectivity index (χ0v) is 11.1. The van der Waals surface area contributed by atoms with Crippen molar-refractivity contribution in [1.29, 1.82) is 0 Å². The summed E-state index contributed by atoms with van der Waals surface area (Å²) in [4.78, 5) is 18.4. The number of nitrogen functional groups attached to an aromatic ring is 1. The minimum atomic E-state index is -1.05. The summed E-state index contributed by atoms with van der Waals surface area (Å²) in [5.74, 6) is -1.05. The van der Waals surface area contributed by atoms with E-state index in [1.54, 1.807) is 0 Å². The van der Waals surface area contributed by atoms with Gasteiger partial charge in [0.2, 0.25) is 0 Å². The van der Waals surface area contributed by atoms with Crippen LogP contribution in [0.15, 0.2) is 52.6 Å². The number of hydrogen-bond acceptors (Lipinski definition) is 4. The number of nitrogens with one attached hydrogen (secondary N) is 1. The number of carbonyl (C=O) groups is 1. The summed E-state index contributed by atoms with van der Waals surface area (Å²) in [5, 5.41) is 11.6. The summed E-state index contributed by atoms with van der Waals surface area (Å²) >= 11 is 1.37. The first-order chi connectivity index (χ1) is 9.63. The van der Waals surface area contributed by atoms with E-state index in [1.165, 1.54) is 24.0 Å². The highest BCUT2D eigenvalue weighted by Gasteiger charge is 2.11. The number of benzene rings is 1. The number of carboxylic acid groups (broad SMARTS) is 1. The fourth-order valence-corrected chi connectivity index (χ4v) is 2.76. The molecule has 0 fully saturated rings. The van der Waals surface area contributed by atoms with E-state index >= 15 is 0 Å². The molecule has 3 aromatic rings. The first kappa shape index (κ1) is 12.6. The Morgan fingerprint density at radius 2 is 2.10 bits per heavy atom. The summed E-state index contributed by atoms with van der Waals surface area (Å²) in [6.07, 6.45) is 1.37. The molecular formula is C14H11N3O2S. The second-order valence-corrected chi connectivity index (χ2v) is 5.30. The average Bonchev–Trinajstić information content (AvgIpc) is 2.82. The Kier molecular flexibility index (Phi) is 3.08. The summed E-state index contributed by atoms with van der Waals surface area (Å²) in [7, 11) is 0. The lowest BCUT2D eigenvalue weighted by molar-refractivity contribution is 0.0697. The van der Waals surface area contributed by atoms with Gasteiger partial charge in [0.25, 0.3) is 0 Å². The standard InChI is InChI=1S/C14H11N3O2S/c15-10-7-16-12(6-9(10)14(18)19)20-13-5-8-3-1-2-4-11(8)17-13/h1-7,17H,15H2,(H,18,19). The zero-order valence-electron chi connectivity index (χ0n) is 10.3. The Hall–Kier alpha value is -2.47. The largest absolute Gasteiger partial charge is 0.478 e. The van der Waals surface area contributed by atoms with Gasteiger partial charge in [0, 0.05) is 10.9 Å². The van der Waals surface area contributed by atoms with Crippen LogP contribution in [-0.2, 0) is 0 Å². The van der Waals surface area contributed by atoms with E-state index in [-0.39, 0.29) is 11.3 Å². The van der Waals surface area contributed by atoms with Crippen LogP contribution >= 0.6 is 11.8 Å². The van der Waals surface area contributed by atoms with Crippen LogP contribution in [0.3, 0.4) is 0 Å². The van der Waals surface area contributed by atoms with Crippen LogP contribution in [0, 0.1) is 0 Å². The lowest BCUT2D eigenvalue weighted by Gasteiger charge is -2.03. The fraction of sp³-hybridized carbons (Fsp3) is 0. The Bertz CT molecular complexity index is 765. The van der Waals surface area contributed by atoms with Crippen LogP contribution in [0.5, 0.6) is 0 Å². The van der Waals surface area contributed by atoms with Gasteiger partial charge in [-0.1, -0.05) is 30.0 Å². The number of aromatic amines is 1. The molecule has 0 bridgehead atoms. The highest BCUT2D eigenvalue weighted by molar-refractivity contribution is 7.99. The monoisotopic (exact) mass is 285 g/mol. The van der Waals surface area contributed by atoms with Gasteiger partial charge in [0.05, 0.1) is 22.5 Å². The van der Waals surface area contributed by atoms with Gasteiger partial charge >= 0.3 is 5.97 Å². The fourth-order valence-electron chi connectivity index (χ4n) is 1.90. The lowest BCUT2D eigenvalue weighted by Crippen LogP contribution is -2.03. The van der Waals surface area contributed by atoms with E-state index in [0.29, 0.717) is 5.03 Å². The topological polar surface area (TPSA) is 92.0 Å². The van der Waals surface area contributed by atoms with Crippen molar-refractivity contribution < 1.29 is 9.90 Å². The van der Waals surface area contributed by atoms with Gasteiger partial charge in [0.1, 0.15) is 5.03 Å². The molecule has 6 heteroatoms. The molecule has 4 N–H and O–H groups in total. The first-order valence-electron chi connectivity index (χ1n) is 5.88. The van der Waals surface area contributed by atoms with Crippen molar-refractivity contribution in [2.24, 2.45) is 0 Å². The minimum Gasteiger partial charge on any atom is -0.478 e. The minimum absolute atomic E-state index is 0.0682. The van der Waals surface area contributed by atoms with Crippen LogP contribution in [0.2, 0.25) is 0 Å². The molecule has 0 saturated carbocycles. The predicted octanol–water partition coefficient (Wildman–Crippen LogP) is 2.99. The molecule has 2 heterocycles. The maximum Gasteiger partial charge on any atom is 0.337 e. The third kappa shape index (κ3) is 2.33. The van der Waals surface area contributed by atoms with Crippen molar-refractivity contribution in [3.8, 4) is 0 Å². The molecule has 1 aromatic carbocycles. The molecule has 2 aromatic heterocycles.